The molecule has 0 heterocycles. The number of nitrogens with two attached hydrogens (primary N) is 2. The number of rotatable bonds is 16. The van der Waals surface area contributed by atoms with Crippen LogP contribution in [0.4, 0.5) is 0 Å². The van der Waals surface area contributed by atoms with E-state index in [0.717, 1.165) is 12.3 Å². The molecule has 0 saturated heterocycles. The van der Waals surface area contributed by atoms with Crippen LogP contribution in [0.25, 0.3) is 0 Å². The monoisotopic (exact) mass is 298 g/mol. The molecule has 2 heteroatoms. The Labute approximate surface area is 134 Å². The van der Waals surface area contributed by atoms with E-state index in [1.54, 1.807) is 0 Å². The average molecular weight is 299 g/mol. The van der Waals surface area contributed by atoms with Gasteiger partial charge >= 0.3 is 0 Å². The van der Waals surface area contributed by atoms with Crippen molar-refractivity contribution in [3.8, 4) is 0 Å². The second-order valence-electron chi connectivity index (χ2n) is 7.23. The maximum absolute atomic E-state index is 5.53. The zero-order valence-electron chi connectivity index (χ0n) is 14.9. The number of hydrogen-bond donors (Lipinski definition) is 2. The topological polar surface area (TPSA) is 52.0 Å². The van der Waals surface area contributed by atoms with E-state index >= 15 is 0 Å². The molecular formula is C19H42N2. The molecule has 0 aromatic rings. The lowest BCUT2D eigenvalue weighted by atomic mass is 10.0. The quantitative estimate of drug-likeness (QED) is 0.282. The largest absolute Gasteiger partial charge is 0.316 e. The lowest BCUT2D eigenvalue weighted by Gasteiger charge is -2.05. The molecule has 0 aromatic carbocycles. The Balaban J connectivity index is 2.96. The van der Waals surface area contributed by atoms with Crippen molar-refractivity contribution in [2.45, 2.75) is 116 Å². The van der Waals surface area contributed by atoms with Gasteiger partial charge in [0.1, 0.15) is 0 Å². The Morgan fingerprint density at radius 3 is 1.05 bits per heavy atom. The first-order valence-corrected chi connectivity index (χ1v) is 9.64. The molecule has 0 aliphatic carbocycles. The summed E-state index contributed by atoms with van der Waals surface area (Å²) in [5.41, 5.74) is 11.1. The van der Waals surface area contributed by atoms with Crippen LogP contribution in [0.5, 0.6) is 0 Å². The predicted octanol–water partition coefficient (Wildman–Crippen LogP) is 5.74. The van der Waals surface area contributed by atoms with Gasteiger partial charge in [-0.05, 0) is 12.3 Å². The molecule has 0 aromatic heterocycles. The fourth-order valence-corrected chi connectivity index (χ4v) is 2.88. The SMILES string of the molecule is CC(C)CCCCCCCCCCCCCCCC(N)N. The highest BCUT2D eigenvalue weighted by atomic mass is 14.8. The van der Waals surface area contributed by atoms with Crippen LogP contribution in [0.2, 0.25) is 0 Å². The van der Waals surface area contributed by atoms with Crippen molar-refractivity contribution in [3.63, 3.8) is 0 Å². The molecular weight excluding hydrogens is 256 g/mol. The van der Waals surface area contributed by atoms with E-state index in [0.29, 0.717) is 0 Å². The molecule has 0 rings (SSSR count). The minimum atomic E-state index is -0.102. The number of unbranched alkanes of at least 4 members (excludes halogenated alkanes) is 12. The average Bonchev–Trinajstić information content (AvgIpc) is 2.42. The molecule has 0 spiro atoms. The molecule has 0 saturated carbocycles. The summed E-state index contributed by atoms with van der Waals surface area (Å²) < 4.78 is 0. The van der Waals surface area contributed by atoms with Crippen molar-refractivity contribution in [1.82, 2.24) is 0 Å². The van der Waals surface area contributed by atoms with Crippen LogP contribution in [-0.4, -0.2) is 6.17 Å². The van der Waals surface area contributed by atoms with Crippen LogP contribution < -0.4 is 11.5 Å². The van der Waals surface area contributed by atoms with Gasteiger partial charge in [-0.3, -0.25) is 0 Å². The fourth-order valence-electron chi connectivity index (χ4n) is 2.88. The molecule has 2 nitrogen and oxygen atoms in total. The third-order valence-corrected chi connectivity index (χ3v) is 4.32. The smallest absolute Gasteiger partial charge is 0.0520 e. The van der Waals surface area contributed by atoms with E-state index in [4.69, 9.17) is 11.5 Å². The first kappa shape index (κ1) is 20.9. The summed E-state index contributed by atoms with van der Waals surface area (Å²) in [6, 6.07) is 0. The van der Waals surface area contributed by atoms with E-state index in [-0.39, 0.29) is 6.17 Å². The Bertz CT molecular complexity index is 170. The normalized spacial score (nSPS) is 11.7. The van der Waals surface area contributed by atoms with Crippen molar-refractivity contribution in [2.75, 3.05) is 0 Å². The van der Waals surface area contributed by atoms with Gasteiger partial charge in [-0.1, -0.05) is 104 Å². The summed E-state index contributed by atoms with van der Waals surface area (Å²) in [6.07, 6.45) is 20.6. The minimum absolute atomic E-state index is 0.102. The summed E-state index contributed by atoms with van der Waals surface area (Å²) in [7, 11) is 0. The van der Waals surface area contributed by atoms with Crippen LogP contribution in [-0.2, 0) is 0 Å². The van der Waals surface area contributed by atoms with Crippen LogP contribution in [0.3, 0.4) is 0 Å². The molecule has 21 heavy (non-hydrogen) atoms. The first-order chi connectivity index (χ1) is 10.1. The molecule has 0 aliphatic heterocycles. The van der Waals surface area contributed by atoms with E-state index in [9.17, 15) is 0 Å². The van der Waals surface area contributed by atoms with Crippen LogP contribution >= 0.6 is 0 Å². The van der Waals surface area contributed by atoms with Crippen LogP contribution in [0, 0.1) is 5.92 Å². The van der Waals surface area contributed by atoms with Crippen molar-refractivity contribution in [2.24, 2.45) is 17.4 Å². The molecule has 4 N–H and O–H groups in total. The molecule has 0 atom stereocenters. The van der Waals surface area contributed by atoms with Gasteiger partial charge in [-0.25, -0.2) is 0 Å². The highest BCUT2D eigenvalue weighted by Gasteiger charge is 1.97. The second kappa shape index (κ2) is 16.3. The highest BCUT2D eigenvalue weighted by Crippen LogP contribution is 2.14. The molecule has 0 radical (unpaired) electrons. The van der Waals surface area contributed by atoms with Gasteiger partial charge in [0.2, 0.25) is 0 Å². The Kier molecular flexibility index (Phi) is 16.2. The molecule has 0 unspecified atom stereocenters. The van der Waals surface area contributed by atoms with Gasteiger partial charge in [0.05, 0.1) is 6.17 Å². The summed E-state index contributed by atoms with van der Waals surface area (Å²) >= 11 is 0. The zero-order chi connectivity index (χ0) is 15.8. The van der Waals surface area contributed by atoms with E-state index < -0.39 is 0 Å². The van der Waals surface area contributed by atoms with Gasteiger partial charge < -0.3 is 11.5 Å². The van der Waals surface area contributed by atoms with Crippen molar-refractivity contribution in [1.29, 1.82) is 0 Å². The van der Waals surface area contributed by atoms with Crippen molar-refractivity contribution in [3.05, 3.63) is 0 Å². The molecule has 128 valence electrons. The van der Waals surface area contributed by atoms with Gasteiger partial charge in [0.25, 0.3) is 0 Å². The van der Waals surface area contributed by atoms with Gasteiger partial charge in [-0.15, -0.1) is 0 Å². The van der Waals surface area contributed by atoms with Gasteiger partial charge in [-0.2, -0.15) is 0 Å². The summed E-state index contributed by atoms with van der Waals surface area (Å²) in [4.78, 5) is 0. The first-order valence-electron chi connectivity index (χ1n) is 9.64. The summed E-state index contributed by atoms with van der Waals surface area (Å²) in [5, 5.41) is 0. The Morgan fingerprint density at radius 1 is 0.476 bits per heavy atom. The van der Waals surface area contributed by atoms with Crippen LogP contribution in [0.1, 0.15) is 110 Å². The third kappa shape index (κ3) is 19.9. The van der Waals surface area contributed by atoms with Crippen molar-refractivity contribution < 1.29 is 0 Å². The maximum atomic E-state index is 5.53. The summed E-state index contributed by atoms with van der Waals surface area (Å²) in [6.45, 7) is 4.65. The Morgan fingerprint density at radius 2 is 0.762 bits per heavy atom. The van der Waals surface area contributed by atoms with E-state index in [1.165, 1.54) is 89.9 Å². The lowest BCUT2D eigenvalue weighted by molar-refractivity contribution is 0.500. The minimum Gasteiger partial charge on any atom is -0.316 e. The fraction of sp³-hybridized carbons (Fsp3) is 1.00. The highest BCUT2D eigenvalue weighted by molar-refractivity contribution is 4.53. The summed E-state index contributed by atoms with van der Waals surface area (Å²) in [5.74, 6) is 0.886. The zero-order valence-corrected chi connectivity index (χ0v) is 14.9. The third-order valence-electron chi connectivity index (χ3n) is 4.32. The maximum Gasteiger partial charge on any atom is 0.0520 e. The molecule has 0 aliphatic rings. The second-order valence-corrected chi connectivity index (χ2v) is 7.23. The predicted molar refractivity (Wildman–Crippen MR) is 96.3 cm³/mol. The van der Waals surface area contributed by atoms with Crippen molar-refractivity contribution >= 4 is 0 Å². The van der Waals surface area contributed by atoms with E-state index in [2.05, 4.69) is 13.8 Å². The number of hydrogen-bond acceptors (Lipinski definition) is 2. The van der Waals surface area contributed by atoms with Gasteiger partial charge in [0.15, 0.2) is 0 Å². The van der Waals surface area contributed by atoms with Crippen LogP contribution in [0.15, 0.2) is 0 Å². The Hall–Kier alpha value is -0.0800. The van der Waals surface area contributed by atoms with Gasteiger partial charge in [0, 0.05) is 0 Å². The molecule has 0 fully saturated rings. The lowest BCUT2D eigenvalue weighted by Crippen LogP contribution is -2.29. The standard InChI is InChI=1S/C19H42N2/c1-18(2)16-14-12-10-8-6-4-3-5-7-9-11-13-15-17-19(20)21/h18-19H,3-17,20-21H2,1-2H3. The molecule has 0 bridgehead atoms. The molecule has 0 amide bonds. The van der Waals surface area contributed by atoms with E-state index in [1.807, 2.05) is 0 Å².